The van der Waals surface area contributed by atoms with E-state index in [9.17, 15) is 0 Å². The Hall–Kier alpha value is -2.06. The third-order valence-electron chi connectivity index (χ3n) is 3.50. The standard InChI is InChI=1S/C20H17BrO/c21-19-11-12-20(22-15-17-9-5-2-6-10-17)18(14-19)13-16-7-3-1-4-8-16/h1-12,14H,13,15H2. The summed E-state index contributed by atoms with van der Waals surface area (Å²) in [6.07, 6.45) is 0.865. The zero-order valence-corrected chi connectivity index (χ0v) is 13.8. The van der Waals surface area contributed by atoms with Crippen LogP contribution < -0.4 is 4.74 Å². The normalized spacial score (nSPS) is 10.4. The lowest BCUT2D eigenvalue weighted by Crippen LogP contribution is -1.99. The largest absolute Gasteiger partial charge is 0.489 e. The van der Waals surface area contributed by atoms with Crippen molar-refractivity contribution in [3.05, 3.63) is 100 Å². The smallest absolute Gasteiger partial charge is 0.123 e. The summed E-state index contributed by atoms with van der Waals surface area (Å²) < 4.78 is 7.10. The minimum atomic E-state index is 0.588. The molecule has 0 aliphatic rings. The summed E-state index contributed by atoms with van der Waals surface area (Å²) in [4.78, 5) is 0. The van der Waals surface area contributed by atoms with Gasteiger partial charge in [0.2, 0.25) is 0 Å². The van der Waals surface area contributed by atoms with Gasteiger partial charge in [0.25, 0.3) is 0 Å². The van der Waals surface area contributed by atoms with Crippen molar-refractivity contribution in [2.45, 2.75) is 13.0 Å². The summed E-state index contributed by atoms with van der Waals surface area (Å²) in [7, 11) is 0. The van der Waals surface area contributed by atoms with Gasteiger partial charge in [0.1, 0.15) is 12.4 Å². The Morgan fingerprint density at radius 2 is 1.36 bits per heavy atom. The lowest BCUT2D eigenvalue weighted by Gasteiger charge is -2.12. The van der Waals surface area contributed by atoms with E-state index in [1.165, 1.54) is 16.7 Å². The predicted octanol–water partition coefficient (Wildman–Crippen LogP) is 5.62. The molecule has 1 nitrogen and oxygen atoms in total. The monoisotopic (exact) mass is 352 g/mol. The molecule has 0 spiro atoms. The van der Waals surface area contributed by atoms with Crippen LogP contribution in [0.2, 0.25) is 0 Å². The highest BCUT2D eigenvalue weighted by atomic mass is 79.9. The molecule has 0 aliphatic heterocycles. The molecule has 0 heterocycles. The fraction of sp³-hybridized carbons (Fsp3) is 0.100. The van der Waals surface area contributed by atoms with Crippen LogP contribution in [0.5, 0.6) is 5.75 Å². The van der Waals surface area contributed by atoms with Gasteiger partial charge in [0, 0.05) is 10.9 Å². The Morgan fingerprint density at radius 3 is 2.05 bits per heavy atom. The molecule has 0 radical (unpaired) electrons. The highest BCUT2D eigenvalue weighted by molar-refractivity contribution is 9.10. The van der Waals surface area contributed by atoms with Crippen LogP contribution in [-0.4, -0.2) is 0 Å². The Kier molecular flexibility index (Phi) is 4.92. The van der Waals surface area contributed by atoms with E-state index in [1.54, 1.807) is 0 Å². The Bertz CT molecular complexity index is 723. The van der Waals surface area contributed by atoms with Crippen LogP contribution >= 0.6 is 15.9 Å². The van der Waals surface area contributed by atoms with Crippen molar-refractivity contribution in [2.75, 3.05) is 0 Å². The summed E-state index contributed by atoms with van der Waals surface area (Å²) in [6.45, 7) is 0.588. The topological polar surface area (TPSA) is 9.23 Å². The quantitative estimate of drug-likeness (QED) is 0.579. The van der Waals surface area contributed by atoms with Gasteiger partial charge in [-0.25, -0.2) is 0 Å². The minimum absolute atomic E-state index is 0.588. The zero-order chi connectivity index (χ0) is 15.2. The molecule has 0 saturated carbocycles. The van der Waals surface area contributed by atoms with Crippen molar-refractivity contribution in [1.82, 2.24) is 0 Å². The Labute approximate surface area is 139 Å². The summed E-state index contributed by atoms with van der Waals surface area (Å²) in [6, 6.07) is 26.9. The first-order valence-electron chi connectivity index (χ1n) is 7.30. The molecule has 3 aromatic rings. The van der Waals surface area contributed by atoms with Crippen LogP contribution in [0, 0.1) is 0 Å². The van der Waals surface area contributed by atoms with Gasteiger partial charge in [-0.1, -0.05) is 76.6 Å². The first kappa shape index (κ1) is 14.9. The highest BCUT2D eigenvalue weighted by Gasteiger charge is 2.06. The molecule has 0 unspecified atom stereocenters. The number of hydrogen-bond donors (Lipinski definition) is 0. The molecule has 2 heteroatoms. The van der Waals surface area contributed by atoms with Crippen LogP contribution in [0.3, 0.4) is 0 Å². The van der Waals surface area contributed by atoms with Crippen molar-refractivity contribution in [1.29, 1.82) is 0 Å². The fourth-order valence-corrected chi connectivity index (χ4v) is 2.79. The number of ether oxygens (including phenoxy) is 1. The van der Waals surface area contributed by atoms with E-state index in [2.05, 4.69) is 58.4 Å². The van der Waals surface area contributed by atoms with Crippen molar-refractivity contribution in [3.8, 4) is 5.75 Å². The molecule has 0 N–H and O–H groups in total. The number of rotatable bonds is 5. The SMILES string of the molecule is Brc1ccc(OCc2ccccc2)c(Cc2ccccc2)c1. The third-order valence-corrected chi connectivity index (χ3v) is 3.99. The second-order valence-corrected chi connectivity index (χ2v) is 6.10. The lowest BCUT2D eigenvalue weighted by molar-refractivity contribution is 0.303. The first-order valence-corrected chi connectivity index (χ1v) is 8.09. The average molecular weight is 353 g/mol. The van der Waals surface area contributed by atoms with E-state index in [-0.39, 0.29) is 0 Å². The van der Waals surface area contributed by atoms with Crippen molar-refractivity contribution >= 4 is 15.9 Å². The van der Waals surface area contributed by atoms with Gasteiger partial charge in [-0.3, -0.25) is 0 Å². The molecule has 0 aromatic heterocycles. The molecule has 3 aromatic carbocycles. The summed E-state index contributed by atoms with van der Waals surface area (Å²) in [5.41, 5.74) is 3.65. The summed E-state index contributed by atoms with van der Waals surface area (Å²) in [5.74, 6) is 0.941. The van der Waals surface area contributed by atoms with Crippen LogP contribution in [-0.2, 0) is 13.0 Å². The van der Waals surface area contributed by atoms with E-state index in [0.29, 0.717) is 6.61 Å². The number of halogens is 1. The average Bonchev–Trinajstić information content (AvgIpc) is 2.56. The summed E-state index contributed by atoms with van der Waals surface area (Å²) >= 11 is 3.55. The van der Waals surface area contributed by atoms with Crippen LogP contribution in [0.25, 0.3) is 0 Å². The molecule has 0 aliphatic carbocycles. The van der Waals surface area contributed by atoms with E-state index >= 15 is 0 Å². The van der Waals surface area contributed by atoms with Gasteiger partial charge in [-0.05, 0) is 34.9 Å². The highest BCUT2D eigenvalue weighted by Crippen LogP contribution is 2.26. The van der Waals surface area contributed by atoms with E-state index in [0.717, 1.165) is 16.6 Å². The first-order chi connectivity index (χ1) is 10.8. The predicted molar refractivity (Wildman–Crippen MR) is 94.2 cm³/mol. The van der Waals surface area contributed by atoms with Crippen molar-refractivity contribution in [2.24, 2.45) is 0 Å². The minimum Gasteiger partial charge on any atom is -0.489 e. The molecule has 0 saturated heterocycles. The van der Waals surface area contributed by atoms with Crippen molar-refractivity contribution in [3.63, 3.8) is 0 Å². The number of benzene rings is 3. The zero-order valence-electron chi connectivity index (χ0n) is 12.2. The van der Waals surface area contributed by atoms with Gasteiger partial charge in [-0.15, -0.1) is 0 Å². The maximum atomic E-state index is 6.03. The molecule has 3 rings (SSSR count). The van der Waals surface area contributed by atoms with Gasteiger partial charge in [0.05, 0.1) is 0 Å². The Morgan fingerprint density at radius 1 is 0.727 bits per heavy atom. The molecular weight excluding hydrogens is 336 g/mol. The molecule has 0 atom stereocenters. The summed E-state index contributed by atoms with van der Waals surface area (Å²) in [5, 5.41) is 0. The molecule has 0 amide bonds. The second kappa shape index (κ2) is 7.28. The van der Waals surface area contributed by atoms with E-state index < -0.39 is 0 Å². The van der Waals surface area contributed by atoms with Gasteiger partial charge >= 0.3 is 0 Å². The van der Waals surface area contributed by atoms with Crippen LogP contribution in [0.4, 0.5) is 0 Å². The van der Waals surface area contributed by atoms with Gasteiger partial charge in [-0.2, -0.15) is 0 Å². The number of hydrogen-bond acceptors (Lipinski definition) is 1. The van der Waals surface area contributed by atoms with E-state index in [1.807, 2.05) is 36.4 Å². The molecule has 22 heavy (non-hydrogen) atoms. The Balaban J connectivity index is 1.78. The molecular formula is C20H17BrO. The lowest BCUT2D eigenvalue weighted by atomic mass is 10.0. The second-order valence-electron chi connectivity index (χ2n) is 5.19. The van der Waals surface area contributed by atoms with Crippen LogP contribution in [0.1, 0.15) is 16.7 Å². The third kappa shape index (κ3) is 3.99. The van der Waals surface area contributed by atoms with Crippen LogP contribution in [0.15, 0.2) is 83.3 Å². The molecule has 0 bridgehead atoms. The maximum Gasteiger partial charge on any atom is 0.123 e. The van der Waals surface area contributed by atoms with Gasteiger partial charge in [0.15, 0.2) is 0 Å². The van der Waals surface area contributed by atoms with Crippen molar-refractivity contribution < 1.29 is 4.74 Å². The molecule has 110 valence electrons. The maximum absolute atomic E-state index is 6.03. The van der Waals surface area contributed by atoms with E-state index in [4.69, 9.17) is 4.74 Å². The van der Waals surface area contributed by atoms with Gasteiger partial charge < -0.3 is 4.74 Å². The fourth-order valence-electron chi connectivity index (χ4n) is 2.38. The molecule has 0 fully saturated rings.